The number of halogens is 1. The summed E-state index contributed by atoms with van der Waals surface area (Å²) < 4.78 is 23.9. The first-order valence-electron chi connectivity index (χ1n) is 8.29. The van der Waals surface area contributed by atoms with Gasteiger partial charge in [0, 0.05) is 19.2 Å². The van der Waals surface area contributed by atoms with Crippen molar-refractivity contribution in [2.45, 2.75) is 20.0 Å². The predicted molar refractivity (Wildman–Crippen MR) is 88.0 cm³/mol. The lowest BCUT2D eigenvalue weighted by molar-refractivity contribution is -0.143. The summed E-state index contributed by atoms with van der Waals surface area (Å²) in [4.78, 5) is 25.3. The van der Waals surface area contributed by atoms with Crippen molar-refractivity contribution in [2.24, 2.45) is 11.8 Å². The molecule has 2 atom stereocenters. The lowest BCUT2D eigenvalue weighted by atomic mass is 9.90. The van der Waals surface area contributed by atoms with Crippen LogP contribution in [0.1, 0.15) is 29.6 Å². The Balaban J connectivity index is 1.64. The molecule has 0 saturated carbocycles. The van der Waals surface area contributed by atoms with Crippen LogP contribution in [0.2, 0.25) is 0 Å². The quantitative estimate of drug-likeness (QED) is 0.879. The number of nitrogens with zero attached hydrogens (tertiary/aromatic N) is 2. The van der Waals surface area contributed by atoms with Crippen LogP contribution in [0, 0.1) is 17.7 Å². The van der Waals surface area contributed by atoms with Crippen molar-refractivity contribution in [3.63, 3.8) is 0 Å². The highest BCUT2D eigenvalue weighted by atomic mass is 19.1. The number of aromatic nitrogens is 1. The van der Waals surface area contributed by atoms with Crippen LogP contribution >= 0.6 is 0 Å². The molecule has 1 N–H and O–H groups in total. The molecule has 0 spiro atoms. The van der Waals surface area contributed by atoms with E-state index in [1.54, 1.807) is 12.1 Å². The zero-order valence-corrected chi connectivity index (χ0v) is 14.2. The first-order chi connectivity index (χ1) is 12.4. The van der Waals surface area contributed by atoms with E-state index in [0.717, 1.165) is 0 Å². The molecule has 0 aliphatic carbocycles. The molecule has 26 heavy (non-hydrogen) atoms. The van der Waals surface area contributed by atoms with Crippen LogP contribution in [0.4, 0.5) is 4.39 Å². The maximum absolute atomic E-state index is 13.5. The van der Waals surface area contributed by atoms with Crippen molar-refractivity contribution in [2.75, 3.05) is 13.1 Å². The van der Waals surface area contributed by atoms with E-state index in [9.17, 15) is 19.1 Å². The molecule has 3 rings (SSSR count). The minimum atomic E-state index is -0.909. The molecule has 8 heteroatoms. The minimum Gasteiger partial charge on any atom is -0.482 e. The van der Waals surface area contributed by atoms with Crippen LogP contribution in [0.5, 0.6) is 5.75 Å². The summed E-state index contributed by atoms with van der Waals surface area (Å²) in [5, 5.41) is 12.9. The second-order valence-corrected chi connectivity index (χ2v) is 6.48. The van der Waals surface area contributed by atoms with E-state index in [1.807, 2.05) is 6.92 Å². The zero-order chi connectivity index (χ0) is 18.7. The molecule has 1 amide bonds. The number of hydrogen-bond donors (Lipinski definition) is 1. The molecule has 7 nitrogen and oxygen atoms in total. The van der Waals surface area contributed by atoms with Crippen LogP contribution in [0.3, 0.4) is 0 Å². The van der Waals surface area contributed by atoms with E-state index in [-0.39, 0.29) is 42.2 Å². The van der Waals surface area contributed by atoms with Gasteiger partial charge in [-0.25, -0.2) is 4.39 Å². The SMILES string of the molecule is CC1CC(C(=O)O)CN(C(=O)c2cc(COc3ccccc3F)on2)C1. The molecule has 2 heterocycles. The Morgan fingerprint density at radius 2 is 2.15 bits per heavy atom. The molecular weight excluding hydrogens is 343 g/mol. The molecule has 1 saturated heterocycles. The number of amides is 1. The van der Waals surface area contributed by atoms with Gasteiger partial charge in [-0.05, 0) is 24.5 Å². The van der Waals surface area contributed by atoms with Gasteiger partial charge in [0.05, 0.1) is 5.92 Å². The van der Waals surface area contributed by atoms with Crippen LogP contribution in [-0.2, 0) is 11.4 Å². The van der Waals surface area contributed by atoms with Gasteiger partial charge in [-0.1, -0.05) is 24.2 Å². The van der Waals surface area contributed by atoms with Crippen molar-refractivity contribution in [3.05, 3.63) is 47.6 Å². The van der Waals surface area contributed by atoms with Crippen molar-refractivity contribution in [1.29, 1.82) is 0 Å². The van der Waals surface area contributed by atoms with E-state index >= 15 is 0 Å². The fourth-order valence-corrected chi connectivity index (χ4v) is 3.05. The van der Waals surface area contributed by atoms with Gasteiger partial charge in [-0.3, -0.25) is 9.59 Å². The molecule has 1 aromatic carbocycles. The van der Waals surface area contributed by atoms with E-state index < -0.39 is 17.7 Å². The lowest BCUT2D eigenvalue weighted by Gasteiger charge is -2.34. The first kappa shape index (κ1) is 17.9. The molecule has 1 aliphatic heterocycles. The van der Waals surface area contributed by atoms with Crippen LogP contribution in [0.15, 0.2) is 34.9 Å². The Hall–Kier alpha value is -2.90. The molecule has 2 unspecified atom stereocenters. The molecule has 138 valence electrons. The second-order valence-electron chi connectivity index (χ2n) is 6.48. The van der Waals surface area contributed by atoms with Gasteiger partial charge in [-0.15, -0.1) is 0 Å². The maximum Gasteiger partial charge on any atom is 0.308 e. The molecule has 0 radical (unpaired) electrons. The number of carbonyl (C=O) groups excluding carboxylic acids is 1. The summed E-state index contributed by atoms with van der Waals surface area (Å²) >= 11 is 0. The Morgan fingerprint density at radius 3 is 2.88 bits per heavy atom. The van der Waals surface area contributed by atoms with Crippen molar-refractivity contribution >= 4 is 11.9 Å². The Labute approximate surface area is 149 Å². The Bertz CT molecular complexity index is 806. The zero-order valence-electron chi connectivity index (χ0n) is 14.2. The molecular formula is C18H19FN2O5. The van der Waals surface area contributed by atoms with Crippen LogP contribution in [0.25, 0.3) is 0 Å². The number of carboxylic acids is 1. The lowest BCUT2D eigenvalue weighted by Crippen LogP contribution is -2.45. The summed E-state index contributed by atoms with van der Waals surface area (Å²) in [5.41, 5.74) is 0.0790. The first-order valence-corrected chi connectivity index (χ1v) is 8.29. The highest BCUT2D eigenvalue weighted by molar-refractivity contribution is 5.92. The fraction of sp³-hybridized carbons (Fsp3) is 0.389. The van der Waals surface area contributed by atoms with Crippen LogP contribution < -0.4 is 4.74 Å². The number of rotatable bonds is 5. The Kier molecular flexibility index (Phi) is 5.20. The maximum atomic E-state index is 13.5. The van der Waals surface area contributed by atoms with Gasteiger partial charge in [-0.2, -0.15) is 0 Å². The van der Waals surface area contributed by atoms with Crippen molar-refractivity contribution < 1.29 is 28.3 Å². The summed E-state index contributed by atoms with van der Waals surface area (Å²) in [6.45, 7) is 2.45. The molecule has 2 aromatic rings. The monoisotopic (exact) mass is 362 g/mol. The third-order valence-electron chi connectivity index (χ3n) is 4.28. The second kappa shape index (κ2) is 7.55. The number of para-hydroxylation sites is 1. The van der Waals surface area contributed by atoms with Crippen molar-refractivity contribution in [1.82, 2.24) is 10.1 Å². The highest BCUT2D eigenvalue weighted by Crippen LogP contribution is 2.23. The summed E-state index contributed by atoms with van der Waals surface area (Å²) in [6, 6.07) is 7.39. The Morgan fingerprint density at radius 1 is 1.38 bits per heavy atom. The van der Waals surface area contributed by atoms with Crippen molar-refractivity contribution in [3.8, 4) is 5.75 Å². The smallest absolute Gasteiger partial charge is 0.308 e. The third kappa shape index (κ3) is 4.01. The standard InChI is InChI=1S/C18H19FN2O5/c1-11-6-12(18(23)24)9-21(8-11)17(22)15-7-13(26-20-15)10-25-16-5-3-2-4-14(16)19/h2-5,7,11-12H,6,8-10H2,1H3,(H,23,24). The number of aliphatic carboxylic acids is 1. The number of likely N-dealkylation sites (tertiary alicyclic amines) is 1. The average Bonchev–Trinajstić information content (AvgIpc) is 3.08. The number of hydrogen-bond acceptors (Lipinski definition) is 5. The minimum absolute atomic E-state index is 0.0740. The topological polar surface area (TPSA) is 92.9 Å². The predicted octanol–water partition coefficient (Wildman–Crippen LogP) is 2.58. The van der Waals surface area contributed by atoms with E-state index in [0.29, 0.717) is 13.0 Å². The highest BCUT2D eigenvalue weighted by Gasteiger charge is 2.33. The van der Waals surface area contributed by atoms with Gasteiger partial charge < -0.3 is 19.3 Å². The summed E-state index contributed by atoms with van der Waals surface area (Å²) in [7, 11) is 0. The number of carbonyl (C=O) groups is 2. The van der Waals surface area contributed by atoms with E-state index in [2.05, 4.69) is 5.16 Å². The summed E-state index contributed by atoms with van der Waals surface area (Å²) in [6.07, 6.45) is 0.541. The van der Waals surface area contributed by atoms with Crippen LogP contribution in [-0.4, -0.2) is 40.1 Å². The average molecular weight is 362 g/mol. The van der Waals surface area contributed by atoms with Gasteiger partial charge in [0.15, 0.2) is 23.0 Å². The van der Waals surface area contributed by atoms with Gasteiger partial charge in [0.25, 0.3) is 5.91 Å². The molecule has 1 fully saturated rings. The van der Waals surface area contributed by atoms with Gasteiger partial charge in [0.1, 0.15) is 6.61 Å². The van der Waals surface area contributed by atoms with Gasteiger partial charge >= 0.3 is 5.97 Å². The molecule has 0 bridgehead atoms. The number of benzene rings is 1. The molecule has 1 aromatic heterocycles. The number of ether oxygens (including phenoxy) is 1. The molecule has 1 aliphatic rings. The number of carboxylic acid groups (broad SMARTS) is 1. The van der Waals surface area contributed by atoms with E-state index in [4.69, 9.17) is 9.26 Å². The fourth-order valence-electron chi connectivity index (χ4n) is 3.05. The third-order valence-corrected chi connectivity index (χ3v) is 4.28. The largest absolute Gasteiger partial charge is 0.482 e. The summed E-state index contributed by atoms with van der Waals surface area (Å²) in [5.74, 6) is -1.94. The normalized spacial score (nSPS) is 20.0. The van der Waals surface area contributed by atoms with E-state index in [1.165, 1.54) is 23.1 Å². The number of piperidine rings is 1. The van der Waals surface area contributed by atoms with Gasteiger partial charge in [0.2, 0.25) is 0 Å².